The summed E-state index contributed by atoms with van der Waals surface area (Å²) in [7, 11) is 0. The van der Waals surface area contributed by atoms with Gasteiger partial charge < -0.3 is 10.2 Å². The summed E-state index contributed by atoms with van der Waals surface area (Å²) in [5, 5.41) is 11.4. The minimum absolute atomic E-state index is 0.341. The minimum Gasteiger partial charge on any atom is -0.355 e. The molecule has 1 aliphatic heterocycles. The summed E-state index contributed by atoms with van der Waals surface area (Å²) in [6, 6.07) is 51.1. The largest absolute Gasteiger partial charge is 0.355 e. The summed E-state index contributed by atoms with van der Waals surface area (Å²) in [5.41, 5.74) is 9.86. The lowest BCUT2D eigenvalue weighted by atomic mass is 9.89. The van der Waals surface area contributed by atoms with Crippen LogP contribution in [0.25, 0.3) is 49.0 Å². The zero-order valence-electron chi connectivity index (χ0n) is 24.2. The lowest BCUT2D eigenvalue weighted by molar-refractivity contribution is 0.829. The molecule has 0 saturated heterocycles. The van der Waals surface area contributed by atoms with Crippen molar-refractivity contribution in [3.8, 4) is 11.1 Å². The molecule has 1 unspecified atom stereocenters. The molecule has 44 heavy (non-hydrogen) atoms. The van der Waals surface area contributed by atoms with Crippen molar-refractivity contribution in [1.82, 2.24) is 0 Å². The van der Waals surface area contributed by atoms with Crippen molar-refractivity contribution in [2.45, 2.75) is 12.5 Å². The molecule has 0 saturated carbocycles. The van der Waals surface area contributed by atoms with Gasteiger partial charge in [0.2, 0.25) is 0 Å². The number of hydrogen-bond acceptors (Lipinski definition) is 2. The highest BCUT2D eigenvalue weighted by Crippen LogP contribution is 2.47. The third-order valence-electron chi connectivity index (χ3n) is 9.31. The maximum atomic E-state index is 3.78. The Labute approximate surface area is 257 Å². The molecule has 1 heterocycles. The second-order valence-corrected chi connectivity index (χ2v) is 11.8. The van der Waals surface area contributed by atoms with Crippen LogP contribution in [0.4, 0.5) is 22.7 Å². The molecule has 0 fully saturated rings. The van der Waals surface area contributed by atoms with Gasteiger partial charge in [-0.25, -0.2) is 0 Å². The van der Waals surface area contributed by atoms with Crippen molar-refractivity contribution in [2.75, 3.05) is 10.2 Å². The third kappa shape index (κ3) is 3.88. The molecule has 7 aromatic rings. The Morgan fingerprint density at radius 3 is 2.18 bits per heavy atom. The summed E-state index contributed by atoms with van der Waals surface area (Å²) in [5.74, 6) is 0. The molecule has 0 radical (unpaired) electrons. The average molecular weight is 563 g/mol. The van der Waals surface area contributed by atoms with Crippen LogP contribution in [0, 0.1) is 0 Å². The van der Waals surface area contributed by atoms with Gasteiger partial charge in [-0.3, -0.25) is 0 Å². The first kappa shape index (κ1) is 24.9. The Kier molecular flexibility index (Phi) is 5.67. The second-order valence-electron chi connectivity index (χ2n) is 11.8. The van der Waals surface area contributed by atoms with Crippen LogP contribution in [0.2, 0.25) is 0 Å². The van der Waals surface area contributed by atoms with Gasteiger partial charge >= 0.3 is 0 Å². The highest BCUT2D eigenvalue weighted by atomic mass is 15.2. The van der Waals surface area contributed by atoms with Gasteiger partial charge in [-0.15, -0.1) is 0 Å². The van der Waals surface area contributed by atoms with Crippen molar-refractivity contribution in [3.05, 3.63) is 163 Å². The van der Waals surface area contributed by atoms with Crippen LogP contribution in [0.1, 0.15) is 12.0 Å². The number of rotatable bonds is 4. The van der Waals surface area contributed by atoms with E-state index in [0.717, 1.165) is 17.8 Å². The predicted molar refractivity (Wildman–Crippen MR) is 188 cm³/mol. The molecular formula is C42H30N2. The number of para-hydroxylation sites is 2. The van der Waals surface area contributed by atoms with Crippen molar-refractivity contribution in [1.29, 1.82) is 0 Å². The van der Waals surface area contributed by atoms with Crippen molar-refractivity contribution in [3.63, 3.8) is 0 Å². The Hall–Kier alpha value is -5.60. The molecule has 1 atom stereocenters. The maximum absolute atomic E-state index is 3.78. The topological polar surface area (TPSA) is 15.3 Å². The lowest BCUT2D eigenvalue weighted by Crippen LogP contribution is -2.27. The fourth-order valence-electron chi connectivity index (χ4n) is 7.33. The maximum Gasteiger partial charge on any atom is 0.0632 e. The van der Waals surface area contributed by atoms with Crippen LogP contribution in [-0.4, -0.2) is 6.04 Å². The highest BCUT2D eigenvalue weighted by molar-refractivity contribution is 6.23. The van der Waals surface area contributed by atoms with E-state index in [9.17, 15) is 0 Å². The van der Waals surface area contributed by atoms with Crippen LogP contribution in [0.15, 0.2) is 158 Å². The fraction of sp³-hybridized carbons (Fsp3) is 0.0476. The van der Waals surface area contributed by atoms with Gasteiger partial charge in [0.15, 0.2) is 0 Å². The SMILES string of the molecule is C1=CCC2C(=C1)c1ccccc1N2c1ccc(Nc2ccccc2-c2cc3ccccc3c3ccc4ccccc4c23)cc1. The van der Waals surface area contributed by atoms with Gasteiger partial charge in [0, 0.05) is 33.9 Å². The molecule has 0 aromatic heterocycles. The first-order chi connectivity index (χ1) is 21.8. The van der Waals surface area contributed by atoms with E-state index in [-0.39, 0.29) is 0 Å². The Bertz CT molecular complexity index is 2290. The molecule has 7 aromatic carbocycles. The van der Waals surface area contributed by atoms with Gasteiger partial charge in [0.05, 0.1) is 6.04 Å². The monoisotopic (exact) mass is 562 g/mol. The molecule has 9 rings (SSSR count). The van der Waals surface area contributed by atoms with E-state index in [1.54, 1.807) is 0 Å². The number of benzene rings is 7. The number of nitrogens with one attached hydrogen (secondary N) is 1. The van der Waals surface area contributed by atoms with Crippen LogP contribution in [0.3, 0.4) is 0 Å². The zero-order chi connectivity index (χ0) is 29.0. The normalized spacial score (nSPS) is 15.4. The Balaban J connectivity index is 1.13. The fourth-order valence-corrected chi connectivity index (χ4v) is 7.33. The quantitative estimate of drug-likeness (QED) is 0.215. The van der Waals surface area contributed by atoms with Crippen molar-refractivity contribution >= 4 is 60.6 Å². The number of nitrogens with zero attached hydrogens (tertiary/aromatic N) is 1. The molecule has 1 N–H and O–H groups in total. The predicted octanol–water partition coefficient (Wildman–Crippen LogP) is 11.4. The van der Waals surface area contributed by atoms with E-state index in [1.165, 1.54) is 66.0 Å². The van der Waals surface area contributed by atoms with Gasteiger partial charge in [0.1, 0.15) is 0 Å². The standard InChI is InChI=1S/C42H30N2/c1-4-14-33-28(11-1)21-26-37-32-13-3-2-12-29(32)27-38(42(33)37)34-15-5-8-18-39(34)43-30-22-24-31(25-23-30)44-40-19-9-6-16-35(40)36-17-7-10-20-41(36)44/h1-19,21-27,41,43H,20H2. The Morgan fingerprint density at radius 1 is 0.568 bits per heavy atom. The minimum atomic E-state index is 0.341. The average Bonchev–Trinajstić information content (AvgIpc) is 3.43. The molecule has 2 heteroatoms. The molecular weight excluding hydrogens is 532 g/mol. The zero-order valence-corrected chi connectivity index (χ0v) is 24.2. The summed E-state index contributed by atoms with van der Waals surface area (Å²) in [6.07, 6.45) is 7.76. The van der Waals surface area contributed by atoms with Crippen LogP contribution in [-0.2, 0) is 0 Å². The van der Waals surface area contributed by atoms with E-state index in [4.69, 9.17) is 0 Å². The smallest absolute Gasteiger partial charge is 0.0632 e. The van der Waals surface area contributed by atoms with Gasteiger partial charge in [0.25, 0.3) is 0 Å². The molecule has 0 spiro atoms. The number of allylic oxidation sites excluding steroid dienone is 2. The van der Waals surface area contributed by atoms with E-state index in [0.29, 0.717) is 6.04 Å². The van der Waals surface area contributed by atoms with Crippen LogP contribution < -0.4 is 10.2 Å². The van der Waals surface area contributed by atoms with E-state index in [2.05, 4.69) is 168 Å². The second kappa shape index (κ2) is 10.00. The molecule has 2 aliphatic rings. The molecule has 2 nitrogen and oxygen atoms in total. The van der Waals surface area contributed by atoms with E-state index < -0.39 is 0 Å². The lowest BCUT2D eigenvalue weighted by Gasteiger charge is -2.28. The molecule has 208 valence electrons. The van der Waals surface area contributed by atoms with Crippen LogP contribution in [0.5, 0.6) is 0 Å². The summed E-state index contributed by atoms with van der Waals surface area (Å²) in [6.45, 7) is 0. The number of anilines is 4. The number of hydrogen-bond donors (Lipinski definition) is 1. The third-order valence-corrected chi connectivity index (χ3v) is 9.31. The van der Waals surface area contributed by atoms with Gasteiger partial charge in [-0.2, -0.15) is 0 Å². The van der Waals surface area contributed by atoms with E-state index >= 15 is 0 Å². The summed E-state index contributed by atoms with van der Waals surface area (Å²) < 4.78 is 0. The first-order valence-corrected chi connectivity index (χ1v) is 15.4. The first-order valence-electron chi connectivity index (χ1n) is 15.4. The molecule has 0 bridgehead atoms. The summed E-state index contributed by atoms with van der Waals surface area (Å²) in [4.78, 5) is 2.49. The summed E-state index contributed by atoms with van der Waals surface area (Å²) >= 11 is 0. The van der Waals surface area contributed by atoms with Gasteiger partial charge in [-0.1, -0.05) is 115 Å². The highest BCUT2D eigenvalue weighted by Gasteiger charge is 2.34. The van der Waals surface area contributed by atoms with Crippen LogP contribution >= 0.6 is 0 Å². The van der Waals surface area contributed by atoms with Gasteiger partial charge in [-0.05, 0) is 92.3 Å². The molecule has 1 aliphatic carbocycles. The number of fused-ring (bicyclic) bond motifs is 8. The Morgan fingerprint density at radius 2 is 1.30 bits per heavy atom. The van der Waals surface area contributed by atoms with Crippen molar-refractivity contribution < 1.29 is 0 Å². The van der Waals surface area contributed by atoms with Crippen molar-refractivity contribution in [2.24, 2.45) is 0 Å². The van der Waals surface area contributed by atoms with E-state index in [1.807, 2.05) is 0 Å². The molecule has 0 amide bonds.